The van der Waals surface area contributed by atoms with Crippen molar-refractivity contribution in [1.82, 2.24) is 14.8 Å². The smallest absolute Gasteiger partial charge is 0.246 e. The minimum atomic E-state index is -0.0191. The molecule has 1 aliphatic rings. The summed E-state index contributed by atoms with van der Waals surface area (Å²) in [7, 11) is 0. The molecule has 278 valence electrons. The number of amides is 1. The second kappa shape index (κ2) is 19.3. The van der Waals surface area contributed by atoms with Crippen molar-refractivity contribution in [3.63, 3.8) is 0 Å². The summed E-state index contributed by atoms with van der Waals surface area (Å²) in [4.78, 5) is 21.7. The van der Waals surface area contributed by atoms with Crippen molar-refractivity contribution in [2.45, 2.75) is 46.4 Å². The Balaban J connectivity index is 0.00000561. The largest absolute Gasteiger partial charge is 0.489 e. The number of hydrogen-bond donors (Lipinski definition) is 0. The maximum absolute atomic E-state index is 13.1. The molecule has 0 bridgehead atoms. The summed E-state index contributed by atoms with van der Waals surface area (Å²) in [5.74, 6) is 2.80. The van der Waals surface area contributed by atoms with Crippen molar-refractivity contribution in [1.29, 1.82) is 5.26 Å². The Labute approximate surface area is 333 Å². The van der Waals surface area contributed by atoms with Crippen LogP contribution in [-0.4, -0.2) is 46.9 Å². The van der Waals surface area contributed by atoms with Gasteiger partial charge in [-0.15, -0.1) is 17.0 Å². The number of hydrogen-bond acceptors (Lipinski definition) is 7. The quantitative estimate of drug-likeness (QED) is 0.110. The van der Waals surface area contributed by atoms with Crippen molar-refractivity contribution in [2.75, 3.05) is 26.2 Å². The predicted molar refractivity (Wildman–Crippen MR) is 219 cm³/mol. The van der Waals surface area contributed by atoms with E-state index in [1.54, 1.807) is 42.6 Å². The number of carbonyl (C=O) groups is 1. The second-order valence-electron chi connectivity index (χ2n) is 13.4. The Morgan fingerprint density at radius 1 is 0.852 bits per heavy atom. The fraction of sp³-hybridized carbons (Fsp3) is 0.250. The molecular formula is C44H44BrClN4O4. The predicted octanol–water partition coefficient (Wildman–Crippen LogP) is 9.92. The number of halogens is 2. The van der Waals surface area contributed by atoms with Gasteiger partial charge in [0.25, 0.3) is 0 Å². The number of rotatable bonds is 13. The van der Waals surface area contributed by atoms with E-state index in [0.29, 0.717) is 60.2 Å². The summed E-state index contributed by atoms with van der Waals surface area (Å²) in [6.45, 7) is 11.0. The van der Waals surface area contributed by atoms with Gasteiger partial charge in [0, 0.05) is 44.9 Å². The van der Waals surface area contributed by atoms with Crippen LogP contribution in [0.25, 0.3) is 6.08 Å². The highest BCUT2D eigenvalue weighted by Crippen LogP contribution is 2.32. The number of nitriles is 1. The van der Waals surface area contributed by atoms with E-state index in [1.165, 1.54) is 11.1 Å². The molecule has 0 aliphatic carbocycles. The lowest BCUT2D eigenvalue weighted by atomic mass is 10.0. The number of nitrogens with zero attached hydrogens (tertiary/aromatic N) is 4. The van der Waals surface area contributed by atoms with Gasteiger partial charge >= 0.3 is 0 Å². The number of aryl methyl sites for hydroxylation is 1. The zero-order chi connectivity index (χ0) is 37.2. The number of benzene rings is 4. The van der Waals surface area contributed by atoms with Gasteiger partial charge in [-0.25, -0.2) is 4.98 Å². The second-order valence-corrected chi connectivity index (χ2v) is 13.8. The fourth-order valence-electron chi connectivity index (χ4n) is 5.90. The summed E-state index contributed by atoms with van der Waals surface area (Å²) in [6, 6.07) is 33.4. The minimum Gasteiger partial charge on any atom is -0.489 e. The van der Waals surface area contributed by atoms with E-state index in [2.05, 4.69) is 66.2 Å². The Morgan fingerprint density at radius 2 is 1.46 bits per heavy atom. The molecule has 8 nitrogen and oxygen atoms in total. The summed E-state index contributed by atoms with van der Waals surface area (Å²) in [6.07, 6.45) is 5.02. The Kier molecular flexibility index (Phi) is 14.3. The first-order valence-corrected chi connectivity index (χ1v) is 18.2. The van der Waals surface area contributed by atoms with Crippen molar-refractivity contribution < 1.29 is 19.0 Å². The van der Waals surface area contributed by atoms with Crippen molar-refractivity contribution >= 4 is 40.6 Å². The zero-order valence-corrected chi connectivity index (χ0v) is 33.2. The number of carbonyl (C=O) groups excluding carboxylic acids is 1. The fourth-order valence-corrected chi connectivity index (χ4v) is 6.11. The molecule has 2 heterocycles. The van der Waals surface area contributed by atoms with Gasteiger partial charge in [-0.05, 0) is 94.8 Å². The molecular weight excluding hydrogens is 764 g/mol. The van der Waals surface area contributed by atoms with Crippen molar-refractivity contribution in [3.05, 3.63) is 153 Å². The van der Waals surface area contributed by atoms with E-state index < -0.39 is 0 Å². The average molecular weight is 808 g/mol. The Morgan fingerprint density at radius 3 is 2.07 bits per heavy atom. The summed E-state index contributed by atoms with van der Waals surface area (Å²) < 4.78 is 17.8. The number of pyridine rings is 1. The lowest BCUT2D eigenvalue weighted by molar-refractivity contribution is -0.127. The monoisotopic (exact) mass is 806 g/mol. The number of ether oxygens (including phenoxy) is 3. The SMILES string of the molecule is Br.Cc1cc(Oc2ccc(OCc3ccc(C#N)cc3)cn2)c(Cl)cc1/C=C/C(=O)N1CCN(Cc2ccc(COc3ccc(C(C)C)cc3)cc2)CC1. The summed E-state index contributed by atoms with van der Waals surface area (Å²) in [5.41, 5.74) is 6.99. The van der Waals surface area contributed by atoms with E-state index in [1.807, 2.05) is 48.2 Å². The highest BCUT2D eigenvalue weighted by atomic mass is 79.9. The molecule has 0 unspecified atom stereocenters. The molecule has 1 aromatic heterocycles. The highest BCUT2D eigenvalue weighted by Gasteiger charge is 2.20. The average Bonchev–Trinajstić information content (AvgIpc) is 3.18. The van der Waals surface area contributed by atoms with Gasteiger partial charge < -0.3 is 19.1 Å². The maximum atomic E-state index is 13.1. The van der Waals surface area contributed by atoms with Gasteiger partial charge in [-0.2, -0.15) is 5.26 Å². The molecule has 4 aromatic carbocycles. The summed E-state index contributed by atoms with van der Waals surface area (Å²) in [5, 5.41) is 9.37. The molecule has 54 heavy (non-hydrogen) atoms. The first-order valence-electron chi connectivity index (χ1n) is 17.8. The van der Waals surface area contributed by atoms with Gasteiger partial charge in [-0.3, -0.25) is 9.69 Å². The van der Waals surface area contributed by atoms with Crippen LogP contribution in [0.3, 0.4) is 0 Å². The van der Waals surface area contributed by atoms with E-state index in [0.717, 1.165) is 47.6 Å². The van der Waals surface area contributed by atoms with Crippen LogP contribution in [-0.2, 0) is 24.6 Å². The van der Waals surface area contributed by atoms with E-state index in [9.17, 15) is 4.79 Å². The van der Waals surface area contributed by atoms with Crippen LogP contribution in [0, 0.1) is 18.3 Å². The molecule has 10 heteroatoms. The lowest BCUT2D eigenvalue weighted by Crippen LogP contribution is -2.47. The van der Waals surface area contributed by atoms with Gasteiger partial charge in [-0.1, -0.05) is 74.0 Å². The molecule has 0 saturated carbocycles. The third-order valence-corrected chi connectivity index (χ3v) is 9.50. The Hall–Kier alpha value is -5.14. The maximum Gasteiger partial charge on any atom is 0.246 e. The van der Waals surface area contributed by atoms with Crippen LogP contribution < -0.4 is 14.2 Å². The van der Waals surface area contributed by atoms with Crippen LogP contribution >= 0.6 is 28.6 Å². The third-order valence-electron chi connectivity index (χ3n) is 9.20. The molecule has 1 amide bonds. The molecule has 5 aromatic rings. The van der Waals surface area contributed by atoms with E-state index in [4.69, 9.17) is 31.1 Å². The Bertz CT molecular complexity index is 2060. The minimum absolute atomic E-state index is 0. The van der Waals surface area contributed by atoms with Crippen molar-refractivity contribution in [3.8, 4) is 29.2 Å². The molecule has 0 spiro atoms. The van der Waals surface area contributed by atoms with Crippen LogP contribution in [0.2, 0.25) is 5.02 Å². The van der Waals surface area contributed by atoms with Gasteiger partial charge in [0.1, 0.15) is 30.5 Å². The van der Waals surface area contributed by atoms with Gasteiger partial charge in [0.15, 0.2) is 0 Å². The molecule has 1 fully saturated rings. The molecule has 1 saturated heterocycles. The lowest BCUT2D eigenvalue weighted by Gasteiger charge is -2.34. The summed E-state index contributed by atoms with van der Waals surface area (Å²) >= 11 is 6.59. The number of piperazine rings is 1. The van der Waals surface area contributed by atoms with Crippen LogP contribution in [0.15, 0.2) is 109 Å². The van der Waals surface area contributed by atoms with Crippen LogP contribution in [0.4, 0.5) is 0 Å². The topological polar surface area (TPSA) is 87.9 Å². The molecule has 0 N–H and O–H groups in total. The standard InChI is InChI=1S/C44H43ClN4O4.BrH/c1-31(2)37-12-15-39(16-13-37)51-29-36-10-6-34(7-11-36)28-48-20-22-49(23-21-48)44(50)19-14-38-25-41(45)42(24-32(38)3)53-43-18-17-40(27-47-43)52-30-35-8-4-33(26-46)5-9-35;/h4-19,24-25,27,31H,20-23,28-30H2,1-3H3;1H/b19-14+;. The zero-order valence-electron chi connectivity index (χ0n) is 30.7. The van der Waals surface area contributed by atoms with Crippen molar-refractivity contribution in [2.24, 2.45) is 0 Å². The molecule has 0 atom stereocenters. The van der Waals surface area contributed by atoms with Gasteiger partial charge in [0.2, 0.25) is 11.8 Å². The first-order chi connectivity index (χ1) is 25.7. The van der Waals surface area contributed by atoms with Crippen LogP contribution in [0.5, 0.6) is 23.1 Å². The van der Waals surface area contributed by atoms with Crippen LogP contribution in [0.1, 0.15) is 58.7 Å². The van der Waals surface area contributed by atoms with E-state index >= 15 is 0 Å². The normalized spacial score (nSPS) is 13.0. The molecule has 1 aliphatic heterocycles. The highest BCUT2D eigenvalue weighted by molar-refractivity contribution is 8.93. The number of aromatic nitrogens is 1. The molecule has 6 rings (SSSR count). The van der Waals surface area contributed by atoms with Gasteiger partial charge in [0.05, 0.1) is 22.9 Å². The third kappa shape index (κ3) is 11.2. The van der Waals surface area contributed by atoms with E-state index in [-0.39, 0.29) is 22.9 Å². The molecule has 0 radical (unpaired) electrons. The first kappa shape index (κ1) is 40.1.